The lowest BCUT2D eigenvalue weighted by atomic mass is 10.1. The molecule has 1 aromatic carbocycles. The van der Waals surface area contributed by atoms with Crippen molar-refractivity contribution in [2.75, 3.05) is 5.32 Å². The number of aromatic carboxylic acids is 1. The van der Waals surface area contributed by atoms with Crippen LogP contribution in [0.1, 0.15) is 28.8 Å². The number of rotatable bonds is 3. The van der Waals surface area contributed by atoms with Crippen LogP contribution in [0.4, 0.5) is 5.69 Å². The third-order valence-corrected chi connectivity index (χ3v) is 3.06. The molecule has 100 valence electrons. The van der Waals surface area contributed by atoms with Crippen LogP contribution in [-0.4, -0.2) is 28.9 Å². The molecule has 1 saturated heterocycles. The number of amides is 2. The lowest BCUT2D eigenvalue weighted by Gasteiger charge is -2.13. The van der Waals surface area contributed by atoms with Crippen molar-refractivity contribution in [3.05, 3.63) is 29.3 Å². The van der Waals surface area contributed by atoms with Gasteiger partial charge in [0.15, 0.2) is 0 Å². The van der Waals surface area contributed by atoms with Crippen molar-refractivity contribution >= 4 is 23.5 Å². The van der Waals surface area contributed by atoms with Gasteiger partial charge in [0, 0.05) is 6.42 Å². The van der Waals surface area contributed by atoms with Crippen molar-refractivity contribution in [1.29, 1.82) is 0 Å². The van der Waals surface area contributed by atoms with Crippen LogP contribution in [0.25, 0.3) is 0 Å². The van der Waals surface area contributed by atoms with Gasteiger partial charge in [-0.1, -0.05) is 12.1 Å². The molecule has 1 atom stereocenters. The van der Waals surface area contributed by atoms with E-state index in [1.807, 2.05) is 0 Å². The van der Waals surface area contributed by atoms with Gasteiger partial charge in [-0.15, -0.1) is 0 Å². The van der Waals surface area contributed by atoms with Gasteiger partial charge in [0.05, 0.1) is 11.3 Å². The zero-order valence-corrected chi connectivity index (χ0v) is 10.4. The molecular weight excluding hydrogens is 248 g/mol. The Kier molecular flexibility index (Phi) is 3.50. The second-order valence-corrected chi connectivity index (χ2v) is 4.45. The molecule has 0 saturated carbocycles. The van der Waals surface area contributed by atoms with Crippen molar-refractivity contribution in [2.45, 2.75) is 25.8 Å². The molecule has 2 amide bonds. The van der Waals surface area contributed by atoms with Gasteiger partial charge in [0.1, 0.15) is 6.04 Å². The fourth-order valence-corrected chi connectivity index (χ4v) is 2.09. The molecule has 2 rings (SSSR count). The molecule has 19 heavy (non-hydrogen) atoms. The Morgan fingerprint density at radius 2 is 2.16 bits per heavy atom. The van der Waals surface area contributed by atoms with Crippen molar-refractivity contribution in [1.82, 2.24) is 5.32 Å². The summed E-state index contributed by atoms with van der Waals surface area (Å²) < 4.78 is 0. The topological polar surface area (TPSA) is 95.5 Å². The van der Waals surface area contributed by atoms with E-state index in [9.17, 15) is 14.4 Å². The number of benzene rings is 1. The van der Waals surface area contributed by atoms with Gasteiger partial charge >= 0.3 is 5.97 Å². The molecule has 6 nitrogen and oxygen atoms in total. The number of hydrogen-bond donors (Lipinski definition) is 3. The molecule has 0 aliphatic carbocycles. The minimum Gasteiger partial charge on any atom is -0.478 e. The molecule has 0 aromatic heterocycles. The van der Waals surface area contributed by atoms with E-state index in [-0.39, 0.29) is 23.1 Å². The highest BCUT2D eigenvalue weighted by atomic mass is 16.4. The summed E-state index contributed by atoms with van der Waals surface area (Å²) in [4.78, 5) is 34.2. The molecule has 1 aromatic rings. The molecule has 3 N–H and O–H groups in total. The van der Waals surface area contributed by atoms with E-state index in [2.05, 4.69) is 10.6 Å². The first-order chi connectivity index (χ1) is 8.99. The van der Waals surface area contributed by atoms with Gasteiger partial charge in [-0.2, -0.15) is 0 Å². The Morgan fingerprint density at radius 3 is 2.74 bits per heavy atom. The largest absolute Gasteiger partial charge is 0.478 e. The fraction of sp³-hybridized carbons (Fsp3) is 0.308. The van der Waals surface area contributed by atoms with E-state index < -0.39 is 12.0 Å². The SMILES string of the molecule is Cc1cccc(NC(=O)[C@H]2CCC(=O)N2)c1C(=O)O. The second kappa shape index (κ2) is 5.09. The Morgan fingerprint density at radius 1 is 1.42 bits per heavy atom. The van der Waals surface area contributed by atoms with Gasteiger partial charge in [-0.25, -0.2) is 4.79 Å². The highest BCUT2D eigenvalue weighted by Gasteiger charge is 2.28. The minimum atomic E-state index is -1.09. The molecule has 1 fully saturated rings. The van der Waals surface area contributed by atoms with Crippen molar-refractivity contribution in [2.24, 2.45) is 0 Å². The van der Waals surface area contributed by atoms with Crippen LogP contribution in [0.15, 0.2) is 18.2 Å². The normalized spacial score (nSPS) is 17.9. The third kappa shape index (κ3) is 2.73. The fourth-order valence-electron chi connectivity index (χ4n) is 2.09. The Bertz CT molecular complexity index is 554. The summed E-state index contributed by atoms with van der Waals surface area (Å²) in [7, 11) is 0. The number of carbonyl (C=O) groups excluding carboxylic acids is 2. The average molecular weight is 262 g/mol. The van der Waals surface area contributed by atoms with E-state index in [1.54, 1.807) is 19.1 Å². The smallest absolute Gasteiger partial charge is 0.338 e. The van der Waals surface area contributed by atoms with E-state index in [0.717, 1.165) is 0 Å². The number of carboxylic acid groups (broad SMARTS) is 1. The van der Waals surface area contributed by atoms with Gasteiger partial charge in [0.2, 0.25) is 11.8 Å². The van der Waals surface area contributed by atoms with Crippen LogP contribution < -0.4 is 10.6 Å². The molecule has 0 radical (unpaired) electrons. The summed E-state index contributed by atoms with van der Waals surface area (Å²) in [5.74, 6) is -1.65. The standard InChI is InChI=1S/C13H14N2O4/c1-7-3-2-4-8(11(7)13(18)19)15-12(17)9-5-6-10(16)14-9/h2-4,9H,5-6H2,1H3,(H,14,16)(H,15,17)(H,18,19)/t9-/m1/s1. The van der Waals surface area contributed by atoms with E-state index in [4.69, 9.17) is 5.11 Å². The van der Waals surface area contributed by atoms with E-state index in [1.165, 1.54) is 6.07 Å². The number of carbonyl (C=O) groups is 3. The number of nitrogens with one attached hydrogen (secondary N) is 2. The predicted octanol–water partition coefficient (Wildman–Crippen LogP) is 0.910. The van der Waals surface area contributed by atoms with Crippen molar-refractivity contribution < 1.29 is 19.5 Å². The molecular formula is C13H14N2O4. The van der Waals surface area contributed by atoms with Gasteiger partial charge in [-0.05, 0) is 25.0 Å². The molecule has 6 heteroatoms. The van der Waals surface area contributed by atoms with Gasteiger partial charge in [0.25, 0.3) is 0 Å². The summed E-state index contributed by atoms with van der Waals surface area (Å²) in [6, 6.07) is 4.28. The highest BCUT2D eigenvalue weighted by molar-refractivity contribution is 6.04. The maximum absolute atomic E-state index is 11.9. The first kappa shape index (κ1) is 13.1. The summed E-state index contributed by atoms with van der Waals surface area (Å²) in [6.45, 7) is 1.66. The quantitative estimate of drug-likeness (QED) is 0.754. The first-order valence-corrected chi connectivity index (χ1v) is 5.92. The number of hydrogen-bond acceptors (Lipinski definition) is 3. The molecule has 1 heterocycles. The van der Waals surface area contributed by atoms with Crippen LogP contribution in [-0.2, 0) is 9.59 Å². The second-order valence-electron chi connectivity index (χ2n) is 4.45. The Labute approximate surface area is 109 Å². The maximum atomic E-state index is 11.9. The number of aryl methyl sites for hydroxylation is 1. The Balaban J connectivity index is 2.19. The van der Waals surface area contributed by atoms with Crippen LogP contribution in [0.5, 0.6) is 0 Å². The first-order valence-electron chi connectivity index (χ1n) is 5.92. The molecule has 1 aliphatic heterocycles. The van der Waals surface area contributed by atoms with Gasteiger partial charge < -0.3 is 15.7 Å². The summed E-state index contributed by atoms with van der Waals surface area (Å²) in [5.41, 5.74) is 0.888. The zero-order chi connectivity index (χ0) is 14.0. The van der Waals surface area contributed by atoms with Crippen molar-refractivity contribution in [3.8, 4) is 0 Å². The lowest BCUT2D eigenvalue weighted by Crippen LogP contribution is -2.37. The van der Waals surface area contributed by atoms with E-state index >= 15 is 0 Å². The summed E-state index contributed by atoms with van der Waals surface area (Å²) >= 11 is 0. The maximum Gasteiger partial charge on any atom is 0.338 e. The monoisotopic (exact) mass is 262 g/mol. The van der Waals surface area contributed by atoms with Crippen LogP contribution >= 0.6 is 0 Å². The number of anilines is 1. The number of carboxylic acids is 1. The van der Waals surface area contributed by atoms with Crippen LogP contribution in [0.2, 0.25) is 0 Å². The molecule has 0 spiro atoms. The van der Waals surface area contributed by atoms with Crippen molar-refractivity contribution in [3.63, 3.8) is 0 Å². The van der Waals surface area contributed by atoms with Crippen LogP contribution in [0, 0.1) is 6.92 Å². The highest BCUT2D eigenvalue weighted by Crippen LogP contribution is 2.20. The minimum absolute atomic E-state index is 0.0696. The summed E-state index contributed by atoms with van der Waals surface area (Å²) in [6.07, 6.45) is 0.747. The lowest BCUT2D eigenvalue weighted by molar-refractivity contribution is -0.122. The molecule has 0 bridgehead atoms. The summed E-state index contributed by atoms with van der Waals surface area (Å²) in [5, 5.41) is 14.2. The Hall–Kier alpha value is -2.37. The average Bonchev–Trinajstić information content (AvgIpc) is 2.75. The molecule has 0 unspecified atom stereocenters. The predicted molar refractivity (Wildman–Crippen MR) is 67.9 cm³/mol. The molecule has 1 aliphatic rings. The van der Waals surface area contributed by atoms with Crippen LogP contribution in [0.3, 0.4) is 0 Å². The van der Waals surface area contributed by atoms with E-state index in [0.29, 0.717) is 18.4 Å². The van der Waals surface area contributed by atoms with Gasteiger partial charge in [-0.3, -0.25) is 9.59 Å². The third-order valence-electron chi connectivity index (χ3n) is 3.06. The zero-order valence-electron chi connectivity index (χ0n) is 10.4.